The van der Waals surface area contributed by atoms with Crippen LogP contribution in [0.1, 0.15) is 32.6 Å². The predicted octanol–water partition coefficient (Wildman–Crippen LogP) is 1.54. The van der Waals surface area contributed by atoms with Crippen LogP contribution in [0.4, 0.5) is 0 Å². The third-order valence-corrected chi connectivity index (χ3v) is 2.99. The summed E-state index contributed by atoms with van der Waals surface area (Å²) in [6.45, 7) is 3.04. The molecule has 2 nitrogen and oxygen atoms in total. The average molecular weight is 157 g/mol. The zero-order valence-corrected chi connectivity index (χ0v) is 7.60. The topological polar surface area (TPSA) is 35.2 Å². The molecule has 0 aromatic heterocycles. The van der Waals surface area contributed by atoms with E-state index in [1.165, 1.54) is 25.7 Å². The van der Waals surface area contributed by atoms with Crippen molar-refractivity contribution in [1.29, 1.82) is 0 Å². The molecule has 0 saturated heterocycles. The highest BCUT2D eigenvalue weighted by atomic mass is 16.5. The van der Waals surface area contributed by atoms with Gasteiger partial charge in [0.25, 0.3) is 0 Å². The van der Waals surface area contributed by atoms with Gasteiger partial charge in [0.15, 0.2) is 0 Å². The van der Waals surface area contributed by atoms with E-state index in [1.54, 1.807) is 0 Å². The Balaban J connectivity index is 2.35. The summed E-state index contributed by atoms with van der Waals surface area (Å²) in [7, 11) is 1.81. The van der Waals surface area contributed by atoms with Crippen LogP contribution in [0, 0.1) is 5.92 Å². The number of ether oxygens (including phenoxy) is 1. The highest BCUT2D eigenvalue weighted by molar-refractivity contribution is 4.83. The maximum Gasteiger partial charge on any atom is 0.0651 e. The van der Waals surface area contributed by atoms with Crippen molar-refractivity contribution in [3.05, 3.63) is 0 Å². The molecule has 0 bridgehead atoms. The molecule has 0 atom stereocenters. The monoisotopic (exact) mass is 157 g/mol. The summed E-state index contributed by atoms with van der Waals surface area (Å²) < 4.78 is 5.43. The minimum absolute atomic E-state index is 0.145. The van der Waals surface area contributed by atoms with Gasteiger partial charge in [-0.2, -0.15) is 0 Å². The molecule has 1 aliphatic rings. The van der Waals surface area contributed by atoms with E-state index in [0.717, 1.165) is 12.5 Å². The molecule has 11 heavy (non-hydrogen) atoms. The maximum absolute atomic E-state index is 5.59. The fraction of sp³-hybridized carbons (Fsp3) is 1.00. The molecule has 1 fully saturated rings. The number of rotatable bonds is 2. The predicted molar refractivity (Wildman–Crippen MR) is 46.4 cm³/mol. The highest BCUT2D eigenvalue weighted by Gasteiger charge is 2.29. The summed E-state index contributed by atoms with van der Waals surface area (Å²) in [6, 6.07) is 0. The lowest BCUT2D eigenvalue weighted by molar-refractivity contribution is -0.0328. The average Bonchev–Trinajstić information content (AvgIpc) is 2.06. The van der Waals surface area contributed by atoms with Gasteiger partial charge in [-0.05, 0) is 45.1 Å². The van der Waals surface area contributed by atoms with Gasteiger partial charge < -0.3 is 10.5 Å². The Bertz CT molecular complexity index is 117. The minimum Gasteiger partial charge on any atom is -0.379 e. The van der Waals surface area contributed by atoms with Gasteiger partial charge in [-0.15, -0.1) is 0 Å². The molecule has 0 spiro atoms. The molecule has 0 aromatic carbocycles. The highest BCUT2D eigenvalue weighted by Crippen LogP contribution is 2.33. The van der Waals surface area contributed by atoms with Gasteiger partial charge in [0, 0.05) is 7.11 Å². The van der Waals surface area contributed by atoms with Crippen LogP contribution in [0.5, 0.6) is 0 Å². The second-order valence-electron chi connectivity index (χ2n) is 3.83. The van der Waals surface area contributed by atoms with E-state index >= 15 is 0 Å². The molecule has 66 valence electrons. The molecule has 1 aliphatic carbocycles. The molecule has 0 aliphatic heterocycles. The van der Waals surface area contributed by atoms with Crippen molar-refractivity contribution in [3.63, 3.8) is 0 Å². The Labute approximate surface area is 69.1 Å². The Morgan fingerprint density at radius 3 is 2.36 bits per heavy atom. The smallest absolute Gasteiger partial charge is 0.0651 e. The van der Waals surface area contributed by atoms with Crippen molar-refractivity contribution in [2.45, 2.75) is 38.2 Å². The Morgan fingerprint density at radius 1 is 1.45 bits per heavy atom. The van der Waals surface area contributed by atoms with Crippen LogP contribution in [0.25, 0.3) is 0 Å². The number of methoxy groups -OCH3 is 1. The molecule has 0 unspecified atom stereocenters. The van der Waals surface area contributed by atoms with Crippen LogP contribution in [0.15, 0.2) is 0 Å². The summed E-state index contributed by atoms with van der Waals surface area (Å²) >= 11 is 0. The summed E-state index contributed by atoms with van der Waals surface area (Å²) in [6.07, 6.45) is 4.82. The molecule has 1 saturated carbocycles. The molecule has 0 heterocycles. The first-order chi connectivity index (χ1) is 5.20. The van der Waals surface area contributed by atoms with E-state index in [2.05, 4.69) is 6.92 Å². The van der Waals surface area contributed by atoms with E-state index in [0.29, 0.717) is 0 Å². The van der Waals surface area contributed by atoms with Crippen molar-refractivity contribution in [3.8, 4) is 0 Å². The zero-order valence-electron chi connectivity index (χ0n) is 7.60. The molecule has 2 heteroatoms. The van der Waals surface area contributed by atoms with E-state index in [-0.39, 0.29) is 5.60 Å². The normalized spacial score (nSPS) is 39.0. The van der Waals surface area contributed by atoms with Crippen LogP contribution in [0.3, 0.4) is 0 Å². The zero-order chi connectivity index (χ0) is 8.32. The van der Waals surface area contributed by atoms with E-state index in [9.17, 15) is 0 Å². The molecule has 1 rings (SSSR count). The van der Waals surface area contributed by atoms with Gasteiger partial charge in [-0.3, -0.25) is 0 Å². The standard InChI is InChI=1S/C9H19NO/c1-9(11-2)5-3-8(7-10)4-6-9/h8H,3-7,10H2,1-2H3. The second-order valence-corrected chi connectivity index (χ2v) is 3.83. The summed E-state index contributed by atoms with van der Waals surface area (Å²) in [5.41, 5.74) is 5.74. The number of hydrogen-bond acceptors (Lipinski definition) is 2. The van der Waals surface area contributed by atoms with Crippen molar-refractivity contribution in [2.75, 3.05) is 13.7 Å². The van der Waals surface area contributed by atoms with Crippen LogP contribution >= 0.6 is 0 Å². The third-order valence-electron chi connectivity index (χ3n) is 2.99. The lowest BCUT2D eigenvalue weighted by Gasteiger charge is -2.35. The molecular formula is C9H19NO. The quantitative estimate of drug-likeness (QED) is 0.660. The Hall–Kier alpha value is -0.0800. The fourth-order valence-electron chi connectivity index (χ4n) is 1.73. The van der Waals surface area contributed by atoms with Gasteiger partial charge in [-0.1, -0.05) is 0 Å². The van der Waals surface area contributed by atoms with Gasteiger partial charge in [0.05, 0.1) is 5.60 Å². The first-order valence-electron chi connectivity index (χ1n) is 4.45. The lowest BCUT2D eigenvalue weighted by Crippen LogP contribution is -2.34. The van der Waals surface area contributed by atoms with Gasteiger partial charge in [0.2, 0.25) is 0 Å². The van der Waals surface area contributed by atoms with Crippen LogP contribution in [-0.2, 0) is 4.74 Å². The fourth-order valence-corrected chi connectivity index (χ4v) is 1.73. The van der Waals surface area contributed by atoms with Crippen molar-refractivity contribution in [1.82, 2.24) is 0 Å². The maximum atomic E-state index is 5.59. The summed E-state index contributed by atoms with van der Waals surface area (Å²) in [4.78, 5) is 0. The van der Waals surface area contributed by atoms with Crippen molar-refractivity contribution >= 4 is 0 Å². The summed E-state index contributed by atoms with van der Waals surface area (Å²) in [5.74, 6) is 0.748. The summed E-state index contributed by atoms with van der Waals surface area (Å²) in [5, 5.41) is 0. The van der Waals surface area contributed by atoms with E-state index < -0.39 is 0 Å². The van der Waals surface area contributed by atoms with Crippen molar-refractivity contribution in [2.24, 2.45) is 11.7 Å². The lowest BCUT2D eigenvalue weighted by atomic mass is 9.80. The Kier molecular flexibility index (Phi) is 2.90. The van der Waals surface area contributed by atoms with Gasteiger partial charge in [-0.25, -0.2) is 0 Å². The number of nitrogens with two attached hydrogens (primary N) is 1. The molecule has 0 radical (unpaired) electrons. The van der Waals surface area contributed by atoms with E-state index in [1.807, 2.05) is 7.11 Å². The number of hydrogen-bond donors (Lipinski definition) is 1. The first-order valence-corrected chi connectivity index (χ1v) is 4.45. The molecule has 0 aromatic rings. The van der Waals surface area contributed by atoms with Crippen molar-refractivity contribution < 1.29 is 4.74 Å². The van der Waals surface area contributed by atoms with Gasteiger partial charge in [0.1, 0.15) is 0 Å². The second kappa shape index (κ2) is 3.55. The molecule has 2 N–H and O–H groups in total. The first kappa shape index (κ1) is 9.01. The van der Waals surface area contributed by atoms with Gasteiger partial charge >= 0.3 is 0 Å². The minimum atomic E-state index is 0.145. The largest absolute Gasteiger partial charge is 0.379 e. The van der Waals surface area contributed by atoms with Crippen LogP contribution in [-0.4, -0.2) is 19.3 Å². The molecule has 0 amide bonds. The van der Waals surface area contributed by atoms with Crippen LogP contribution < -0.4 is 5.73 Å². The third kappa shape index (κ3) is 2.17. The van der Waals surface area contributed by atoms with Crippen LogP contribution in [0.2, 0.25) is 0 Å². The SMILES string of the molecule is COC1(C)CCC(CN)CC1. The Morgan fingerprint density at radius 2 is 2.00 bits per heavy atom. The molecular weight excluding hydrogens is 138 g/mol. The van der Waals surface area contributed by atoms with E-state index in [4.69, 9.17) is 10.5 Å².